The second-order valence-corrected chi connectivity index (χ2v) is 6.78. The van der Waals surface area contributed by atoms with Crippen LogP contribution in [0.25, 0.3) is 16.2 Å². The van der Waals surface area contributed by atoms with Gasteiger partial charge in [-0.15, -0.1) is 0 Å². The summed E-state index contributed by atoms with van der Waals surface area (Å²) in [5.41, 5.74) is 2.16. The fourth-order valence-electron chi connectivity index (χ4n) is 2.79. The van der Waals surface area contributed by atoms with Gasteiger partial charge in [0.2, 0.25) is 0 Å². The van der Waals surface area contributed by atoms with Crippen molar-refractivity contribution in [2.24, 2.45) is 0 Å². The van der Waals surface area contributed by atoms with Crippen LogP contribution in [-0.2, 0) is 4.74 Å². The van der Waals surface area contributed by atoms with Crippen molar-refractivity contribution >= 4 is 28.0 Å². The number of imidazole rings is 1. The van der Waals surface area contributed by atoms with Gasteiger partial charge >= 0.3 is 0 Å². The van der Waals surface area contributed by atoms with Crippen LogP contribution in [0.15, 0.2) is 24.3 Å². The first-order valence-corrected chi connectivity index (χ1v) is 9.11. The predicted octanol–water partition coefficient (Wildman–Crippen LogP) is 3.32. The van der Waals surface area contributed by atoms with E-state index in [-0.39, 0.29) is 11.7 Å². The number of carbonyl (C=O) groups excluding carboxylic acids is 1. The number of benzene rings is 1. The Kier molecular flexibility index (Phi) is 5.53. The molecule has 6 nitrogen and oxygen atoms in total. The SMILES string of the molecule is CNC(=O)c1sc2nc(-c3cccc(F)c3)c(NCCCOC)n2c1C. The Morgan fingerprint density at radius 2 is 2.23 bits per heavy atom. The van der Waals surface area contributed by atoms with Crippen LogP contribution in [-0.4, -0.2) is 42.6 Å². The Morgan fingerprint density at radius 3 is 2.92 bits per heavy atom. The number of thiazole rings is 1. The average molecular weight is 376 g/mol. The van der Waals surface area contributed by atoms with Crippen LogP contribution in [0.5, 0.6) is 0 Å². The molecule has 0 aliphatic heterocycles. The summed E-state index contributed by atoms with van der Waals surface area (Å²) in [6.45, 7) is 3.19. The molecule has 138 valence electrons. The molecule has 26 heavy (non-hydrogen) atoms. The molecule has 2 N–H and O–H groups in total. The molecule has 8 heteroatoms. The maximum atomic E-state index is 13.7. The summed E-state index contributed by atoms with van der Waals surface area (Å²) in [5.74, 6) is 0.299. The van der Waals surface area contributed by atoms with E-state index in [1.165, 1.54) is 23.5 Å². The van der Waals surface area contributed by atoms with Gasteiger partial charge in [0.25, 0.3) is 5.91 Å². The highest BCUT2D eigenvalue weighted by Gasteiger charge is 2.22. The Hall–Kier alpha value is -2.45. The number of halogens is 1. The van der Waals surface area contributed by atoms with E-state index in [4.69, 9.17) is 4.74 Å². The van der Waals surface area contributed by atoms with Crippen molar-refractivity contribution in [2.45, 2.75) is 13.3 Å². The first-order valence-electron chi connectivity index (χ1n) is 8.29. The number of aryl methyl sites for hydroxylation is 1. The third kappa shape index (κ3) is 3.42. The number of methoxy groups -OCH3 is 1. The smallest absolute Gasteiger partial charge is 0.263 e. The highest BCUT2D eigenvalue weighted by molar-refractivity contribution is 7.19. The minimum Gasteiger partial charge on any atom is -0.385 e. The fourth-order valence-corrected chi connectivity index (χ4v) is 3.87. The molecule has 0 radical (unpaired) electrons. The number of hydrogen-bond donors (Lipinski definition) is 2. The Bertz CT molecular complexity index is 935. The Labute approximate surface area is 155 Å². The maximum Gasteiger partial charge on any atom is 0.263 e. The molecule has 3 aromatic rings. The number of nitrogens with zero attached hydrogens (tertiary/aromatic N) is 2. The number of fused-ring (bicyclic) bond motifs is 1. The van der Waals surface area contributed by atoms with E-state index in [1.807, 2.05) is 17.4 Å². The molecule has 1 amide bonds. The highest BCUT2D eigenvalue weighted by Crippen LogP contribution is 2.34. The molecule has 3 rings (SSSR count). The van der Waals surface area contributed by atoms with Crippen molar-refractivity contribution in [2.75, 3.05) is 32.6 Å². The largest absolute Gasteiger partial charge is 0.385 e. The molecule has 0 saturated heterocycles. The van der Waals surface area contributed by atoms with Gasteiger partial charge in [-0.25, -0.2) is 9.37 Å². The summed E-state index contributed by atoms with van der Waals surface area (Å²) in [5, 5.41) is 6.02. The molecule has 0 saturated carbocycles. The zero-order valence-corrected chi connectivity index (χ0v) is 15.7. The Morgan fingerprint density at radius 1 is 1.42 bits per heavy atom. The third-order valence-corrected chi connectivity index (χ3v) is 5.19. The lowest BCUT2D eigenvalue weighted by Gasteiger charge is -2.09. The van der Waals surface area contributed by atoms with Gasteiger partial charge in [-0.3, -0.25) is 9.20 Å². The van der Waals surface area contributed by atoms with Crippen LogP contribution in [0, 0.1) is 12.7 Å². The summed E-state index contributed by atoms with van der Waals surface area (Å²) in [4.78, 5) is 18.0. The zero-order chi connectivity index (χ0) is 18.7. The monoisotopic (exact) mass is 376 g/mol. The summed E-state index contributed by atoms with van der Waals surface area (Å²) in [6, 6.07) is 6.35. The first-order chi connectivity index (χ1) is 12.6. The minimum absolute atomic E-state index is 0.143. The molecule has 2 aromatic heterocycles. The van der Waals surface area contributed by atoms with E-state index >= 15 is 0 Å². The van der Waals surface area contributed by atoms with E-state index < -0.39 is 0 Å². The van der Waals surface area contributed by atoms with E-state index in [0.29, 0.717) is 34.2 Å². The summed E-state index contributed by atoms with van der Waals surface area (Å²) >= 11 is 1.32. The second-order valence-electron chi connectivity index (χ2n) is 5.81. The number of carbonyl (C=O) groups is 1. The van der Waals surface area contributed by atoms with Gasteiger partial charge in [-0.05, 0) is 25.5 Å². The summed E-state index contributed by atoms with van der Waals surface area (Å²) in [6.07, 6.45) is 0.817. The van der Waals surface area contributed by atoms with Gasteiger partial charge in [0.1, 0.15) is 22.2 Å². The maximum absolute atomic E-state index is 13.7. The van der Waals surface area contributed by atoms with Crippen molar-refractivity contribution in [3.63, 3.8) is 0 Å². The van der Waals surface area contributed by atoms with Crippen molar-refractivity contribution in [1.29, 1.82) is 0 Å². The van der Waals surface area contributed by atoms with Crippen molar-refractivity contribution < 1.29 is 13.9 Å². The van der Waals surface area contributed by atoms with Gasteiger partial charge in [0.15, 0.2) is 4.96 Å². The molecule has 0 aliphatic carbocycles. The Balaban J connectivity index is 2.10. The average Bonchev–Trinajstić information content (AvgIpc) is 3.15. The molecule has 1 aromatic carbocycles. The van der Waals surface area contributed by atoms with E-state index in [9.17, 15) is 9.18 Å². The minimum atomic E-state index is -0.313. The van der Waals surface area contributed by atoms with Gasteiger partial charge in [-0.1, -0.05) is 23.5 Å². The number of nitrogens with one attached hydrogen (secondary N) is 2. The number of ether oxygens (including phenoxy) is 1. The number of anilines is 1. The molecular formula is C18H21FN4O2S. The van der Waals surface area contributed by atoms with Crippen LogP contribution in [0.3, 0.4) is 0 Å². The molecule has 0 fully saturated rings. The third-order valence-electron chi connectivity index (χ3n) is 4.05. The molecule has 0 bridgehead atoms. The van der Waals surface area contributed by atoms with Crippen molar-refractivity contribution in [1.82, 2.24) is 14.7 Å². The molecule has 0 spiro atoms. The summed E-state index contributed by atoms with van der Waals surface area (Å²) in [7, 11) is 3.26. The van der Waals surface area contributed by atoms with E-state index in [0.717, 1.165) is 17.9 Å². The van der Waals surface area contributed by atoms with Gasteiger partial charge in [0, 0.05) is 38.6 Å². The van der Waals surface area contributed by atoms with E-state index in [2.05, 4.69) is 15.6 Å². The lowest BCUT2D eigenvalue weighted by molar-refractivity contribution is 0.0966. The predicted molar refractivity (Wildman–Crippen MR) is 102 cm³/mol. The molecule has 0 aliphatic rings. The van der Waals surface area contributed by atoms with Crippen LogP contribution < -0.4 is 10.6 Å². The molecular weight excluding hydrogens is 355 g/mol. The van der Waals surface area contributed by atoms with Crippen LogP contribution in [0.2, 0.25) is 0 Å². The quantitative estimate of drug-likeness (QED) is 0.621. The normalized spacial score (nSPS) is 11.1. The number of aromatic nitrogens is 2. The first kappa shape index (κ1) is 18.3. The second kappa shape index (κ2) is 7.84. The van der Waals surface area contributed by atoms with Crippen LogP contribution >= 0.6 is 11.3 Å². The number of amides is 1. The van der Waals surface area contributed by atoms with Crippen molar-refractivity contribution in [3.05, 3.63) is 40.7 Å². The number of hydrogen-bond acceptors (Lipinski definition) is 5. The van der Waals surface area contributed by atoms with Crippen LogP contribution in [0.1, 0.15) is 21.8 Å². The topological polar surface area (TPSA) is 67.7 Å². The van der Waals surface area contributed by atoms with Crippen molar-refractivity contribution in [3.8, 4) is 11.3 Å². The molecule has 2 heterocycles. The van der Waals surface area contributed by atoms with E-state index in [1.54, 1.807) is 20.2 Å². The van der Waals surface area contributed by atoms with Crippen LogP contribution in [0.4, 0.5) is 10.2 Å². The summed E-state index contributed by atoms with van der Waals surface area (Å²) < 4.78 is 20.7. The van der Waals surface area contributed by atoms with Gasteiger partial charge in [-0.2, -0.15) is 0 Å². The highest BCUT2D eigenvalue weighted by atomic mass is 32.1. The standard InChI is InChI=1S/C18H21FN4O2S/c1-11-15(17(24)20-2)26-18-22-14(12-6-4-7-13(19)10-12)16(23(11)18)21-8-5-9-25-3/h4,6-7,10,21H,5,8-9H2,1-3H3,(H,20,24). The fraction of sp³-hybridized carbons (Fsp3) is 0.333. The lowest BCUT2D eigenvalue weighted by Crippen LogP contribution is -2.17. The molecule has 0 unspecified atom stereocenters. The zero-order valence-electron chi connectivity index (χ0n) is 14.9. The van der Waals surface area contributed by atoms with Gasteiger partial charge in [0.05, 0.1) is 0 Å². The molecule has 0 atom stereocenters. The number of rotatable bonds is 7. The lowest BCUT2D eigenvalue weighted by atomic mass is 10.1. The van der Waals surface area contributed by atoms with Gasteiger partial charge < -0.3 is 15.4 Å².